The summed E-state index contributed by atoms with van der Waals surface area (Å²) in [5, 5.41) is 10.9. The van der Waals surface area contributed by atoms with E-state index >= 15 is 0 Å². The number of nitrogens with one attached hydrogen (secondary N) is 1. The van der Waals surface area contributed by atoms with Gasteiger partial charge in [-0.05, 0) is 13.8 Å². The Hall–Kier alpha value is -0.850. The van der Waals surface area contributed by atoms with E-state index in [1.165, 1.54) is 0 Å². The fourth-order valence-electron chi connectivity index (χ4n) is 1.18. The predicted octanol–water partition coefficient (Wildman–Crippen LogP) is -0.266. The molecule has 6 heteroatoms. The molecule has 0 aromatic rings. The smallest absolute Gasteiger partial charge is 0.405 e. The molecule has 82 valence electrons. The first kappa shape index (κ1) is 11.2. The molecule has 0 aliphatic carbocycles. The second kappa shape index (κ2) is 3.72. The number of carbonyl (C=O) groups is 1. The van der Waals surface area contributed by atoms with E-state index in [2.05, 4.69) is 5.32 Å². The van der Waals surface area contributed by atoms with Gasteiger partial charge in [-0.15, -0.1) is 0 Å². The lowest BCUT2D eigenvalue weighted by Crippen LogP contribution is -2.64. The van der Waals surface area contributed by atoms with Gasteiger partial charge in [-0.1, -0.05) is 0 Å². The van der Waals surface area contributed by atoms with E-state index in [-0.39, 0.29) is 19.8 Å². The molecule has 0 aromatic heterocycles. The molecule has 1 aliphatic rings. The lowest BCUT2D eigenvalue weighted by atomic mass is 10.0. The van der Waals surface area contributed by atoms with Crippen LogP contribution in [0.15, 0.2) is 0 Å². The van der Waals surface area contributed by atoms with Crippen molar-refractivity contribution in [3.63, 3.8) is 0 Å². The molecule has 1 saturated heterocycles. The maximum absolute atomic E-state index is 10.5. The van der Waals surface area contributed by atoms with Crippen LogP contribution in [0.4, 0.5) is 4.79 Å². The van der Waals surface area contributed by atoms with Crippen molar-refractivity contribution < 1.29 is 19.4 Å². The van der Waals surface area contributed by atoms with Crippen molar-refractivity contribution in [1.29, 1.82) is 0 Å². The van der Waals surface area contributed by atoms with Crippen LogP contribution in [0.5, 0.6) is 0 Å². The first-order chi connectivity index (χ1) is 6.39. The minimum Gasteiger partial charge on any atom is -0.465 e. The summed E-state index contributed by atoms with van der Waals surface area (Å²) in [6, 6.07) is 0. The molecule has 0 atom stereocenters. The lowest BCUT2D eigenvalue weighted by molar-refractivity contribution is -0.268. The second-order valence-electron chi connectivity index (χ2n) is 3.89. The highest BCUT2D eigenvalue weighted by Gasteiger charge is 2.40. The van der Waals surface area contributed by atoms with Crippen LogP contribution in [0, 0.1) is 0 Å². The third kappa shape index (κ3) is 2.57. The summed E-state index contributed by atoms with van der Waals surface area (Å²) in [4.78, 5) is 10.5. The summed E-state index contributed by atoms with van der Waals surface area (Å²) in [5.74, 6) is -0.668. The van der Waals surface area contributed by atoms with Gasteiger partial charge in [0.1, 0.15) is 5.54 Å². The third-order valence-corrected chi connectivity index (χ3v) is 2.15. The predicted molar refractivity (Wildman–Crippen MR) is 48.9 cm³/mol. The minimum absolute atomic E-state index is 0.148. The van der Waals surface area contributed by atoms with Crippen LogP contribution in [-0.4, -0.2) is 42.3 Å². The molecule has 6 nitrogen and oxygen atoms in total. The number of hydrogen-bond donors (Lipinski definition) is 3. The maximum Gasteiger partial charge on any atom is 0.405 e. The van der Waals surface area contributed by atoms with E-state index in [4.69, 9.17) is 20.3 Å². The molecule has 1 rings (SSSR count). The van der Waals surface area contributed by atoms with Crippen LogP contribution in [-0.2, 0) is 9.47 Å². The molecule has 0 spiro atoms. The number of ether oxygens (including phenoxy) is 2. The van der Waals surface area contributed by atoms with Gasteiger partial charge < -0.3 is 25.6 Å². The molecule has 1 heterocycles. The van der Waals surface area contributed by atoms with Crippen LogP contribution in [0.2, 0.25) is 0 Å². The van der Waals surface area contributed by atoms with Crippen molar-refractivity contribution in [2.24, 2.45) is 5.73 Å². The first-order valence-electron chi connectivity index (χ1n) is 4.38. The summed E-state index contributed by atoms with van der Waals surface area (Å²) in [7, 11) is 0. The standard InChI is InChI=1S/C8H16N2O4/c1-7(2)13-4-8(3-9,5-14-7)10-6(11)12/h10H,3-5,9H2,1-2H3,(H,11,12). The third-order valence-electron chi connectivity index (χ3n) is 2.15. The number of hydrogen-bond acceptors (Lipinski definition) is 4. The lowest BCUT2D eigenvalue weighted by Gasteiger charge is -2.42. The molecule has 0 radical (unpaired) electrons. The average molecular weight is 204 g/mol. The van der Waals surface area contributed by atoms with Crippen molar-refractivity contribution >= 4 is 6.09 Å². The van der Waals surface area contributed by atoms with Gasteiger partial charge in [0.25, 0.3) is 0 Å². The highest BCUT2D eigenvalue weighted by Crippen LogP contribution is 2.22. The Kier molecular flexibility index (Phi) is 2.98. The normalized spacial score (nSPS) is 24.2. The summed E-state index contributed by atoms with van der Waals surface area (Å²) in [5.41, 5.74) is 4.67. The monoisotopic (exact) mass is 204 g/mol. The van der Waals surface area contributed by atoms with Crippen molar-refractivity contribution in [2.45, 2.75) is 25.2 Å². The number of nitrogens with two attached hydrogens (primary N) is 1. The highest BCUT2D eigenvalue weighted by molar-refractivity contribution is 5.65. The Labute approximate surface area is 82.4 Å². The first-order valence-corrected chi connectivity index (χ1v) is 4.38. The van der Waals surface area contributed by atoms with Crippen LogP contribution in [0.25, 0.3) is 0 Å². The van der Waals surface area contributed by atoms with Crippen molar-refractivity contribution in [3.05, 3.63) is 0 Å². The van der Waals surface area contributed by atoms with Gasteiger partial charge in [0, 0.05) is 6.54 Å². The zero-order valence-electron chi connectivity index (χ0n) is 8.37. The van der Waals surface area contributed by atoms with Gasteiger partial charge in [-0.25, -0.2) is 4.79 Å². The van der Waals surface area contributed by atoms with E-state index in [9.17, 15) is 4.79 Å². The topological polar surface area (TPSA) is 93.8 Å². The Balaban J connectivity index is 2.61. The quantitative estimate of drug-likeness (QED) is 0.576. The zero-order chi connectivity index (χ0) is 10.8. The zero-order valence-corrected chi connectivity index (χ0v) is 8.37. The number of amides is 1. The van der Waals surface area contributed by atoms with Crippen LogP contribution < -0.4 is 11.1 Å². The van der Waals surface area contributed by atoms with Crippen LogP contribution in [0.3, 0.4) is 0 Å². The van der Waals surface area contributed by atoms with E-state index in [1.54, 1.807) is 13.8 Å². The summed E-state index contributed by atoms with van der Waals surface area (Å²) in [6.45, 7) is 4.14. The molecule has 4 N–H and O–H groups in total. The van der Waals surface area contributed by atoms with E-state index in [0.29, 0.717) is 0 Å². The Morgan fingerprint density at radius 2 is 2.00 bits per heavy atom. The molecule has 1 fully saturated rings. The van der Waals surface area contributed by atoms with Gasteiger partial charge in [-0.3, -0.25) is 0 Å². The van der Waals surface area contributed by atoms with E-state index in [0.717, 1.165) is 0 Å². The Bertz CT molecular complexity index is 219. The highest BCUT2D eigenvalue weighted by atomic mass is 16.7. The van der Waals surface area contributed by atoms with Gasteiger partial charge in [0.2, 0.25) is 0 Å². The van der Waals surface area contributed by atoms with Crippen molar-refractivity contribution in [2.75, 3.05) is 19.8 Å². The number of carboxylic acid groups (broad SMARTS) is 1. The van der Waals surface area contributed by atoms with E-state index in [1.807, 2.05) is 0 Å². The summed E-state index contributed by atoms with van der Waals surface area (Å²) in [6.07, 6.45) is -1.12. The van der Waals surface area contributed by atoms with Crippen LogP contribution in [0.1, 0.15) is 13.8 Å². The molecular formula is C8H16N2O4. The largest absolute Gasteiger partial charge is 0.465 e. The van der Waals surface area contributed by atoms with Crippen molar-refractivity contribution in [3.8, 4) is 0 Å². The summed E-state index contributed by atoms with van der Waals surface area (Å²) >= 11 is 0. The van der Waals surface area contributed by atoms with Crippen molar-refractivity contribution in [1.82, 2.24) is 5.32 Å². The molecule has 1 amide bonds. The molecule has 0 aromatic carbocycles. The molecule has 1 aliphatic heterocycles. The molecule has 0 bridgehead atoms. The maximum atomic E-state index is 10.5. The SMILES string of the molecule is CC1(C)OCC(CN)(NC(=O)O)CO1. The fraction of sp³-hybridized carbons (Fsp3) is 0.875. The molecule has 0 unspecified atom stereocenters. The van der Waals surface area contributed by atoms with Gasteiger partial charge in [0.05, 0.1) is 13.2 Å². The Morgan fingerprint density at radius 1 is 1.50 bits per heavy atom. The number of rotatable bonds is 2. The average Bonchev–Trinajstić information content (AvgIpc) is 2.09. The minimum atomic E-state index is -1.12. The van der Waals surface area contributed by atoms with Gasteiger partial charge in [0.15, 0.2) is 5.79 Å². The van der Waals surface area contributed by atoms with Gasteiger partial charge in [-0.2, -0.15) is 0 Å². The molecular weight excluding hydrogens is 188 g/mol. The fourth-order valence-corrected chi connectivity index (χ4v) is 1.18. The Morgan fingerprint density at radius 3 is 2.36 bits per heavy atom. The van der Waals surface area contributed by atoms with Gasteiger partial charge >= 0.3 is 6.09 Å². The van der Waals surface area contributed by atoms with E-state index < -0.39 is 17.4 Å². The summed E-state index contributed by atoms with van der Waals surface area (Å²) < 4.78 is 10.7. The van der Waals surface area contributed by atoms with Crippen LogP contribution >= 0.6 is 0 Å². The molecule has 0 saturated carbocycles. The molecule has 14 heavy (non-hydrogen) atoms. The second-order valence-corrected chi connectivity index (χ2v) is 3.89.